The smallest absolute Gasteiger partial charge is 0.372 e. The van der Waals surface area contributed by atoms with Crippen LogP contribution < -0.4 is 0 Å². The van der Waals surface area contributed by atoms with Crippen molar-refractivity contribution in [2.24, 2.45) is 0 Å². The van der Waals surface area contributed by atoms with Gasteiger partial charge in [0.15, 0.2) is 0 Å². The van der Waals surface area contributed by atoms with Crippen molar-refractivity contribution in [3.63, 3.8) is 0 Å². The quantitative estimate of drug-likeness (QED) is 0.433. The molecule has 1 aliphatic rings. The van der Waals surface area contributed by atoms with Crippen molar-refractivity contribution in [3.05, 3.63) is 82.4 Å². The molecule has 29 heavy (non-hydrogen) atoms. The summed E-state index contributed by atoms with van der Waals surface area (Å²) >= 11 is 0. The van der Waals surface area contributed by atoms with Crippen LogP contribution in [0, 0.1) is 0 Å². The summed E-state index contributed by atoms with van der Waals surface area (Å²) in [5.41, 5.74) is -0.364. The molecule has 2 aromatic carbocycles. The van der Waals surface area contributed by atoms with Crippen LogP contribution in [0.15, 0.2) is 54.6 Å². The second-order valence-electron chi connectivity index (χ2n) is 6.76. The molecule has 0 saturated heterocycles. The minimum absolute atomic E-state index is 0.0589. The maximum absolute atomic E-state index is 12.9. The maximum atomic E-state index is 12.9. The molecule has 0 saturated carbocycles. The van der Waals surface area contributed by atoms with Crippen LogP contribution in [0.2, 0.25) is 0 Å². The number of alkyl halides is 6. The van der Waals surface area contributed by atoms with Crippen LogP contribution in [-0.2, 0) is 34.9 Å². The van der Waals surface area contributed by atoms with Gasteiger partial charge in [-0.3, -0.25) is 0 Å². The van der Waals surface area contributed by atoms with Crippen LogP contribution in [0.3, 0.4) is 0 Å². The van der Waals surface area contributed by atoms with Crippen molar-refractivity contribution in [2.45, 2.75) is 31.5 Å². The Kier molecular flexibility index (Phi) is 6.05. The van der Waals surface area contributed by atoms with Crippen molar-refractivity contribution in [1.29, 1.82) is 0 Å². The summed E-state index contributed by atoms with van der Waals surface area (Å²) in [5.74, 6) is 0. The number of benzene rings is 2. The predicted molar refractivity (Wildman–Crippen MR) is 94.1 cm³/mol. The van der Waals surface area contributed by atoms with E-state index in [1.54, 1.807) is 0 Å². The molecule has 0 spiro atoms. The van der Waals surface area contributed by atoms with E-state index < -0.39 is 36.2 Å². The molecular formula is C21H18F6O2. The SMILES string of the molecule is C=C(COCc1cc(C(F)(F)F)cc(C(F)(F)F)c1)C1OCCc2ccccc21. The van der Waals surface area contributed by atoms with Gasteiger partial charge in [-0.1, -0.05) is 30.8 Å². The first-order valence-electron chi connectivity index (χ1n) is 8.79. The number of hydrogen-bond donors (Lipinski definition) is 0. The van der Waals surface area contributed by atoms with Crippen LogP contribution in [0.1, 0.15) is 33.9 Å². The largest absolute Gasteiger partial charge is 0.416 e. The first-order chi connectivity index (χ1) is 13.6. The van der Waals surface area contributed by atoms with Crippen LogP contribution in [0.25, 0.3) is 0 Å². The van der Waals surface area contributed by atoms with Crippen LogP contribution in [-0.4, -0.2) is 13.2 Å². The highest BCUT2D eigenvalue weighted by Gasteiger charge is 2.36. The van der Waals surface area contributed by atoms with Gasteiger partial charge in [0.05, 0.1) is 30.9 Å². The molecule has 3 rings (SSSR count). The first kappa shape index (κ1) is 21.4. The first-order valence-corrected chi connectivity index (χ1v) is 8.79. The van der Waals surface area contributed by atoms with Crippen LogP contribution in [0.4, 0.5) is 26.3 Å². The van der Waals surface area contributed by atoms with Crippen molar-refractivity contribution < 1.29 is 35.8 Å². The average molecular weight is 416 g/mol. The molecule has 0 amide bonds. The lowest BCUT2D eigenvalue weighted by molar-refractivity contribution is -0.143. The maximum Gasteiger partial charge on any atom is 0.416 e. The molecule has 0 aromatic heterocycles. The second-order valence-corrected chi connectivity index (χ2v) is 6.76. The summed E-state index contributed by atoms with van der Waals surface area (Å²) in [4.78, 5) is 0. The Labute approximate surface area is 163 Å². The molecule has 0 N–H and O–H groups in total. The monoisotopic (exact) mass is 416 g/mol. The fourth-order valence-corrected chi connectivity index (χ4v) is 3.21. The summed E-state index contributed by atoms with van der Waals surface area (Å²) in [6.07, 6.45) is -9.45. The fraction of sp³-hybridized carbons (Fsp3) is 0.333. The molecule has 8 heteroatoms. The van der Waals surface area contributed by atoms with E-state index in [9.17, 15) is 26.3 Å². The zero-order valence-corrected chi connectivity index (χ0v) is 15.2. The Bertz CT molecular complexity index is 853. The Hall–Kier alpha value is -2.32. The molecule has 0 radical (unpaired) electrons. The molecule has 1 aliphatic heterocycles. The Balaban J connectivity index is 1.70. The zero-order chi connectivity index (χ0) is 21.2. The van der Waals surface area contributed by atoms with E-state index in [1.165, 1.54) is 0 Å². The molecule has 1 heterocycles. The van der Waals surface area contributed by atoms with Gasteiger partial charge in [0.1, 0.15) is 6.10 Å². The molecular weight excluding hydrogens is 398 g/mol. The summed E-state index contributed by atoms with van der Waals surface area (Å²) in [6, 6.07) is 9.04. The lowest BCUT2D eigenvalue weighted by Crippen LogP contribution is -2.19. The van der Waals surface area contributed by atoms with Gasteiger partial charge < -0.3 is 9.47 Å². The lowest BCUT2D eigenvalue weighted by Gasteiger charge is -2.27. The van der Waals surface area contributed by atoms with Gasteiger partial charge in [-0.2, -0.15) is 26.3 Å². The van der Waals surface area contributed by atoms with E-state index in [1.807, 2.05) is 24.3 Å². The van der Waals surface area contributed by atoms with Gasteiger partial charge in [-0.15, -0.1) is 0 Å². The predicted octanol–water partition coefficient (Wildman–Crippen LogP) is 6.11. The highest BCUT2D eigenvalue weighted by molar-refractivity contribution is 5.36. The molecule has 0 fully saturated rings. The lowest BCUT2D eigenvalue weighted by atomic mass is 9.94. The third-order valence-corrected chi connectivity index (χ3v) is 4.57. The molecule has 0 bridgehead atoms. The molecule has 156 valence electrons. The summed E-state index contributed by atoms with van der Waals surface area (Å²) in [5, 5.41) is 0. The van der Waals surface area contributed by atoms with E-state index in [0.29, 0.717) is 24.3 Å². The number of rotatable bonds is 5. The van der Waals surface area contributed by atoms with Crippen molar-refractivity contribution in [3.8, 4) is 0 Å². The van der Waals surface area contributed by atoms with Crippen LogP contribution >= 0.6 is 0 Å². The average Bonchev–Trinajstić information content (AvgIpc) is 2.66. The van der Waals surface area contributed by atoms with Gasteiger partial charge in [0.2, 0.25) is 0 Å². The minimum Gasteiger partial charge on any atom is -0.372 e. The topological polar surface area (TPSA) is 18.5 Å². The number of halogens is 6. The third-order valence-electron chi connectivity index (χ3n) is 4.57. The zero-order valence-electron chi connectivity index (χ0n) is 15.2. The minimum atomic E-state index is -4.89. The Morgan fingerprint density at radius 2 is 1.62 bits per heavy atom. The molecule has 0 aliphatic carbocycles. The summed E-state index contributed by atoms with van der Waals surface area (Å²) in [7, 11) is 0. The Morgan fingerprint density at radius 1 is 1.00 bits per heavy atom. The highest BCUT2D eigenvalue weighted by atomic mass is 19.4. The van der Waals surface area contributed by atoms with E-state index >= 15 is 0 Å². The summed E-state index contributed by atoms with van der Waals surface area (Å²) < 4.78 is 88.7. The van der Waals surface area contributed by atoms with Crippen molar-refractivity contribution in [2.75, 3.05) is 13.2 Å². The summed E-state index contributed by atoms with van der Waals surface area (Å²) in [6.45, 7) is 3.93. The van der Waals surface area contributed by atoms with E-state index in [-0.39, 0.29) is 18.2 Å². The number of hydrogen-bond acceptors (Lipinski definition) is 2. The number of fused-ring (bicyclic) bond motifs is 1. The van der Waals surface area contributed by atoms with Gasteiger partial charge in [-0.05, 0) is 46.9 Å². The van der Waals surface area contributed by atoms with Crippen molar-refractivity contribution in [1.82, 2.24) is 0 Å². The molecule has 2 nitrogen and oxygen atoms in total. The Morgan fingerprint density at radius 3 is 2.24 bits per heavy atom. The normalized spacial score (nSPS) is 17.1. The highest BCUT2D eigenvalue weighted by Crippen LogP contribution is 2.37. The van der Waals surface area contributed by atoms with Gasteiger partial charge in [0.25, 0.3) is 0 Å². The third kappa shape index (κ3) is 5.19. The van der Waals surface area contributed by atoms with Crippen molar-refractivity contribution >= 4 is 0 Å². The van der Waals surface area contributed by atoms with E-state index in [2.05, 4.69) is 6.58 Å². The van der Waals surface area contributed by atoms with Gasteiger partial charge >= 0.3 is 12.4 Å². The van der Waals surface area contributed by atoms with E-state index in [4.69, 9.17) is 9.47 Å². The molecule has 1 unspecified atom stereocenters. The second kappa shape index (κ2) is 8.20. The standard InChI is InChI=1S/C21H18F6O2/c1-13(19-18-5-3-2-4-15(18)6-7-29-19)11-28-12-14-8-16(20(22,23)24)10-17(9-14)21(25,26)27/h2-5,8-10,19H,1,6-7,11-12H2. The molecule has 2 aromatic rings. The van der Waals surface area contributed by atoms with Gasteiger partial charge in [0, 0.05) is 0 Å². The van der Waals surface area contributed by atoms with E-state index in [0.717, 1.165) is 17.5 Å². The number of ether oxygens (including phenoxy) is 2. The van der Waals surface area contributed by atoms with Gasteiger partial charge in [-0.25, -0.2) is 0 Å². The molecule has 1 atom stereocenters. The fourth-order valence-electron chi connectivity index (χ4n) is 3.21. The van der Waals surface area contributed by atoms with Crippen LogP contribution in [0.5, 0.6) is 0 Å².